The number of nitrogens with one attached hydrogen (secondary N) is 2. The fourth-order valence-electron chi connectivity index (χ4n) is 2.77. The van der Waals surface area contributed by atoms with Crippen LogP contribution in [0.3, 0.4) is 0 Å². The van der Waals surface area contributed by atoms with Crippen LogP contribution in [0.15, 0.2) is 36.4 Å². The summed E-state index contributed by atoms with van der Waals surface area (Å²) in [6.07, 6.45) is 0. The van der Waals surface area contributed by atoms with E-state index in [0.29, 0.717) is 22.0 Å². The van der Waals surface area contributed by atoms with Crippen molar-refractivity contribution in [2.45, 2.75) is 13.0 Å². The SMILES string of the molecule is C[C@@H](NCC(=O)N1CC(=O)Nc2ccccc21)c1cc(F)c(Cl)cc1Cl. The van der Waals surface area contributed by atoms with E-state index in [1.54, 1.807) is 31.2 Å². The van der Waals surface area contributed by atoms with Crippen molar-refractivity contribution < 1.29 is 14.0 Å². The van der Waals surface area contributed by atoms with Crippen LogP contribution in [0, 0.1) is 5.82 Å². The molecule has 0 aliphatic carbocycles. The first kappa shape index (κ1) is 18.6. The van der Waals surface area contributed by atoms with Gasteiger partial charge in [0.25, 0.3) is 0 Å². The fraction of sp³-hybridized carbons (Fsp3) is 0.222. The van der Waals surface area contributed by atoms with Crippen LogP contribution in [0.4, 0.5) is 15.8 Å². The molecule has 8 heteroatoms. The fourth-order valence-corrected chi connectivity index (χ4v) is 3.32. The van der Waals surface area contributed by atoms with Crippen molar-refractivity contribution in [3.63, 3.8) is 0 Å². The Morgan fingerprint density at radius 3 is 2.81 bits per heavy atom. The number of carbonyl (C=O) groups is 2. The van der Waals surface area contributed by atoms with Gasteiger partial charge in [-0.3, -0.25) is 14.5 Å². The first-order chi connectivity index (χ1) is 12.4. The van der Waals surface area contributed by atoms with Gasteiger partial charge in [-0.25, -0.2) is 4.39 Å². The van der Waals surface area contributed by atoms with Gasteiger partial charge in [0.15, 0.2) is 0 Å². The Hall–Kier alpha value is -2.15. The zero-order chi connectivity index (χ0) is 18.8. The molecule has 1 aliphatic heterocycles. The maximum absolute atomic E-state index is 13.7. The minimum Gasteiger partial charge on any atom is -0.323 e. The summed E-state index contributed by atoms with van der Waals surface area (Å²) < 4.78 is 13.7. The van der Waals surface area contributed by atoms with E-state index >= 15 is 0 Å². The van der Waals surface area contributed by atoms with Gasteiger partial charge in [0.05, 0.1) is 22.9 Å². The molecule has 0 unspecified atom stereocenters. The Labute approximate surface area is 160 Å². The van der Waals surface area contributed by atoms with Crippen LogP contribution in [0.1, 0.15) is 18.5 Å². The second-order valence-electron chi connectivity index (χ2n) is 5.94. The van der Waals surface area contributed by atoms with Crippen molar-refractivity contribution in [1.82, 2.24) is 5.32 Å². The molecule has 0 aromatic heterocycles. The first-order valence-electron chi connectivity index (χ1n) is 7.94. The van der Waals surface area contributed by atoms with Gasteiger partial charge < -0.3 is 10.6 Å². The summed E-state index contributed by atoms with van der Waals surface area (Å²) in [6, 6.07) is 9.27. The Bertz CT molecular complexity index is 876. The van der Waals surface area contributed by atoms with Crippen molar-refractivity contribution in [3.05, 3.63) is 57.8 Å². The molecule has 26 heavy (non-hydrogen) atoms. The Balaban J connectivity index is 1.71. The summed E-state index contributed by atoms with van der Waals surface area (Å²) in [5, 5.41) is 6.00. The predicted molar refractivity (Wildman–Crippen MR) is 100 cm³/mol. The van der Waals surface area contributed by atoms with E-state index in [1.165, 1.54) is 17.0 Å². The number of fused-ring (bicyclic) bond motifs is 1. The van der Waals surface area contributed by atoms with Gasteiger partial charge in [0.2, 0.25) is 11.8 Å². The van der Waals surface area contributed by atoms with Crippen molar-refractivity contribution in [3.8, 4) is 0 Å². The average Bonchev–Trinajstić information content (AvgIpc) is 2.61. The lowest BCUT2D eigenvalue weighted by Gasteiger charge is -2.29. The third-order valence-corrected chi connectivity index (χ3v) is 4.75. The summed E-state index contributed by atoms with van der Waals surface area (Å²) in [4.78, 5) is 25.8. The smallest absolute Gasteiger partial charge is 0.244 e. The lowest BCUT2D eigenvalue weighted by atomic mass is 10.1. The van der Waals surface area contributed by atoms with Gasteiger partial charge in [-0.05, 0) is 36.8 Å². The third kappa shape index (κ3) is 3.82. The number of hydrogen-bond acceptors (Lipinski definition) is 3. The third-order valence-electron chi connectivity index (χ3n) is 4.14. The van der Waals surface area contributed by atoms with Crippen LogP contribution >= 0.6 is 23.2 Å². The van der Waals surface area contributed by atoms with E-state index in [9.17, 15) is 14.0 Å². The highest BCUT2D eigenvalue weighted by atomic mass is 35.5. The molecule has 1 heterocycles. The molecule has 2 aromatic rings. The van der Waals surface area contributed by atoms with Gasteiger partial charge >= 0.3 is 0 Å². The van der Waals surface area contributed by atoms with Crippen LogP contribution in [-0.4, -0.2) is 24.9 Å². The molecule has 2 aromatic carbocycles. The number of benzene rings is 2. The monoisotopic (exact) mass is 395 g/mol. The van der Waals surface area contributed by atoms with Crippen LogP contribution in [0.25, 0.3) is 0 Å². The van der Waals surface area contributed by atoms with Crippen molar-refractivity contribution in [2.75, 3.05) is 23.3 Å². The largest absolute Gasteiger partial charge is 0.323 e. The molecule has 2 amide bonds. The van der Waals surface area contributed by atoms with Gasteiger partial charge in [-0.1, -0.05) is 35.3 Å². The summed E-state index contributed by atoms with van der Waals surface area (Å²) in [5.74, 6) is -1.11. The zero-order valence-electron chi connectivity index (χ0n) is 13.9. The van der Waals surface area contributed by atoms with Crippen LogP contribution in [-0.2, 0) is 9.59 Å². The number of halogens is 3. The van der Waals surface area contributed by atoms with Crippen LogP contribution in [0.5, 0.6) is 0 Å². The molecule has 0 radical (unpaired) electrons. The second kappa shape index (κ2) is 7.61. The molecule has 136 valence electrons. The van der Waals surface area contributed by atoms with Gasteiger partial charge in [-0.2, -0.15) is 0 Å². The van der Waals surface area contributed by atoms with E-state index in [0.717, 1.165) is 0 Å². The van der Waals surface area contributed by atoms with Crippen molar-refractivity contribution in [2.24, 2.45) is 0 Å². The number of para-hydroxylation sites is 2. The molecule has 0 spiro atoms. The average molecular weight is 396 g/mol. The van der Waals surface area contributed by atoms with Gasteiger partial charge in [0, 0.05) is 11.1 Å². The molecule has 5 nitrogen and oxygen atoms in total. The summed E-state index contributed by atoms with van der Waals surface area (Å²) in [5.41, 5.74) is 1.73. The predicted octanol–water partition coefficient (Wildman–Crippen LogP) is 3.77. The topological polar surface area (TPSA) is 61.4 Å². The molecular formula is C18H16Cl2FN3O2. The first-order valence-corrected chi connectivity index (χ1v) is 8.69. The lowest BCUT2D eigenvalue weighted by Crippen LogP contribution is -2.46. The highest BCUT2D eigenvalue weighted by molar-refractivity contribution is 6.35. The quantitative estimate of drug-likeness (QED) is 0.774. The van der Waals surface area contributed by atoms with E-state index in [2.05, 4.69) is 10.6 Å². The second-order valence-corrected chi connectivity index (χ2v) is 6.75. The van der Waals surface area contributed by atoms with Gasteiger partial charge in [0.1, 0.15) is 12.4 Å². The molecule has 3 rings (SSSR count). The Kier molecular flexibility index (Phi) is 5.46. The van der Waals surface area contributed by atoms with E-state index in [4.69, 9.17) is 23.2 Å². The van der Waals surface area contributed by atoms with Gasteiger partial charge in [-0.15, -0.1) is 0 Å². The minimum atomic E-state index is -0.576. The van der Waals surface area contributed by atoms with Crippen molar-refractivity contribution >= 4 is 46.4 Å². The number of nitrogens with zero attached hydrogens (tertiary/aromatic N) is 1. The molecule has 0 saturated heterocycles. The molecule has 0 bridgehead atoms. The number of rotatable bonds is 4. The Morgan fingerprint density at radius 1 is 1.31 bits per heavy atom. The van der Waals surface area contributed by atoms with E-state index in [-0.39, 0.29) is 36.0 Å². The summed E-state index contributed by atoms with van der Waals surface area (Å²) in [6.45, 7) is 1.67. The maximum atomic E-state index is 13.7. The highest BCUT2D eigenvalue weighted by Crippen LogP contribution is 2.30. The molecule has 0 fully saturated rings. The molecule has 0 saturated carbocycles. The molecule has 2 N–H and O–H groups in total. The van der Waals surface area contributed by atoms with Crippen LogP contribution < -0.4 is 15.5 Å². The molecule has 1 aliphatic rings. The van der Waals surface area contributed by atoms with E-state index in [1.807, 2.05) is 0 Å². The maximum Gasteiger partial charge on any atom is 0.244 e. The standard InChI is InChI=1S/C18H16Cl2FN3O2/c1-10(11-6-14(21)13(20)7-12(11)19)22-8-18(26)24-9-17(25)23-15-4-2-3-5-16(15)24/h2-7,10,22H,8-9H2,1H3,(H,23,25)/t10-/m1/s1. The number of amides is 2. The minimum absolute atomic E-state index is 0.0383. The zero-order valence-corrected chi connectivity index (χ0v) is 15.4. The highest BCUT2D eigenvalue weighted by Gasteiger charge is 2.26. The number of anilines is 2. The lowest BCUT2D eigenvalue weighted by molar-refractivity contribution is -0.121. The summed E-state index contributed by atoms with van der Waals surface area (Å²) >= 11 is 11.8. The van der Waals surface area contributed by atoms with Crippen molar-refractivity contribution in [1.29, 1.82) is 0 Å². The summed E-state index contributed by atoms with van der Waals surface area (Å²) in [7, 11) is 0. The normalized spacial score (nSPS) is 14.6. The Morgan fingerprint density at radius 2 is 2.04 bits per heavy atom. The number of carbonyl (C=O) groups excluding carboxylic acids is 2. The van der Waals surface area contributed by atoms with Crippen LogP contribution in [0.2, 0.25) is 10.0 Å². The number of hydrogen-bond donors (Lipinski definition) is 2. The van der Waals surface area contributed by atoms with E-state index < -0.39 is 5.82 Å². The molecule has 1 atom stereocenters. The molecular weight excluding hydrogens is 380 g/mol.